The molecule has 0 aromatic heterocycles. The predicted molar refractivity (Wildman–Crippen MR) is 26.5 cm³/mol. The first-order valence-electron chi connectivity index (χ1n) is 1.41. The quantitative estimate of drug-likeness (QED) is 0.397. The van der Waals surface area contributed by atoms with Crippen LogP contribution in [0.3, 0.4) is 0 Å². The molecule has 0 bridgehead atoms. The van der Waals surface area contributed by atoms with Gasteiger partial charge in [0.25, 0.3) is 0 Å². The molecule has 0 rings (SSSR count). The maximum absolute atomic E-state index is 4.89. The first kappa shape index (κ1) is 4.47. The van der Waals surface area contributed by atoms with Gasteiger partial charge in [-0.25, -0.2) is 0 Å². The molecule has 0 aromatic rings. The molecule has 0 atom stereocenters. The van der Waals surface area contributed by atoms with Crippen molar-refractivity contribution in [1.29, 1.82) is 0 Å². The van der Waals surface area contributed by atoms with Gasteiger partial charge in [0.2, 0.25) is 0 Å². The third kappa shape index (κ3) is 3.47. The molecule has 0 unspecified atom stereocenters. The van der Waals surface area contributed by atoms with E-state index in [-0.39, 0.29) is 0 Å². The van der Waals surface area contributed by atoms with Crippen LogP contribution in [-0.4, -0.2) is 13.5 Å². The molecule has 2 heteroatoms. The van der Waals surface area contributed by atoms with Crippen molar-refractivity contribution in [2.75, 3.05) is 0 Å². The SMILES string of the molecule is B=C/C=C\N. The van der Waals surface area contributed by atoms with E-state index >= 15 is 0 Å². The minimum absolute atomic E-state index is 1.44. The van der Waals surface area contributed by atoms with Gasteiger partial charge in [-0.2, -0.15) is 0 Å². The first-order valence-corrected chi connectivity index (χ1v) is 1.41. The van der Waals surface area contributed by atoms with Gasteiger partial charge < -0.3 is 0 Å². The molecule has 0 spiro atoms. The van der Waals surface area contributed by atoms with E-state index in [0.29, 0.717) is 0 Å². The van der Waals surface area contributed by atoms with Crippen LogP contribution >= 0.6 is 0 Å². The molecule has 2 N–H and O–H groups in total. The third-order valence-corrected chi connectivity index (χ3v) is 0.247. The zero-order valence-corrected chi connectivity index (χ0v) is 3.02. The molecule has 0 aliphatic heterocycles. The van der Waals surface area contributed by atoms with Gasteiger partial charge in [0, 0.05) is 0 Å². The van der Waals surface area contributed by atoms with Crippen molar-refractivity contribution in [1.82, 2.24) is 0 Å². The summed E-state index contributed by atoms with van der Waals surface area (Å²) in [4.78, 5) is 0. The van der Waals surface area contributed by atoms with Crippen LogP contribution in [0.2, 0.25) is 0 Å². The van der Waals surface area contributed by atoms with Crippen LogP contribution in [0.1, 0.15) is 0 Å². The van der Waals surface area contributed by atoms with Crippen LogP contribution in [-0.2, 0) is 0 Å². The predicted octanol–water partition coefficient (Wildman–Crippen LogP) is -0.838. The van der Waals surface area contributed by atoms with E-state index in [0.717, 1.165) is 0 Å². The van der Waals surface area contributed by atoms with Gasteiger partial charge in [-0.1, -0.05) is 0 Å². The Morgan fingerprint density at radius 2 is 2.20 bits per heavy atom. The number of allylic oxidation sites excluding steroid dienone is 1. The number of rotatable bonds is 1. The van der Waals surface area contributed by atoms with Gasteiger partial charge in [0.1, 0.15) is 0 Å². The van der Waals surface area contributed by atoms with E-state index in [4.69, 9.17) is 5.73 Å². The summed E-state index contributed by atoms with van der Waals surface area (Å²) in [6.45, 7) is 0. The number of nitrogens with two attached hydrogens (primary N) is 1. The van der Waals surface area contributed by atoms with E-state index in [2.05, 4.69) is 7.49 Å². The summed E-state index contributed by atoms with van der Waals surface area (Å²) >= 11 is 0. The summed E-state index contributed by atoms with van der Waals surface area (Å²) in [6.07, 6.45) is 3.10. The Balaban J connectivity index is 2.92. The Morgan fingerprint density at radius 1 is 1.60 bits per heavy atom. The van der Waals surface area contributed by atoms with Gasteiger partial charge in [-0.15, -0.1) is 0 Å². The van der Waals surface area contributed by atoms with Crippen molar-refractivity contribution in [2.45, 2.75) is 0 Å². The van der Waals surface area contributed by atoms with E-state index in [1.54, 1.807) is 12.0 Å². The molecular formula is C3H6BN. The normalized spacial score (nSPS) is 8.60. The molecule has 0 aliphatic carbocycles. The Kier molecular flexibility index (Phi) is 3.11. The van der Waals surface area contributed by atoms with Crippen molar-refractivity contribution < 1.29 is 0 Å². The zero-order valence-electron chi connectivity index (χ0n) is 3.02. The second kappa shape index (κ2) is 3.47. The molecule has 26 valence electrons. The average Bonchev–Trinajstić information content (AvgIpc) is 1.41. The summed E-state index contributed by atoms with van der Waals surface area (Å²) in [5.41, 5.74) is 4.89. The van der Waals surface area contributed by atoms with Gasteiger partial charge in [-0.3, -0.25) is 0 Å². The monoisotopic (exact) mass is 67.1 g/mol. The van der Waals surface area contributed by atoms with Crippen LogP contribution in [0, 0.1) is 0 Å². The second-order valence-corrected chi connectivity index (χ2v) is 0.621. The van der Waals surface area contributed by atoms with Gasteiger partial charge in [-0.05, 0) is 0 Å². The first-order chi connectivity index (χ1) is 2.41. The molecule has 0 aliphatic rings. The summed E-state index contributed by atoms with van der Waals surface area (Å²) < 4.78 is 0. The third-order valence-electron chi connectivity index (χ3n) is 0.247. The maximum atomic E-state index is 4.89. The zero-order chi connectivity index (χ0) is 4.12. The van der Waals surface area contributed by atoms with E-state index in [9.17, 15) is 0 Å². The molecule has 0 amide bonds. The Labute approximate surface area is 32.6 Å². The molecule has 0 fully saturated rings. The van der Waals surface area contributed by atoms with Gasteiger partial charge >= 0.3 is 31.5 Å². The Morgan fingerprint density at radius 3 is 2.20 bits per heavy atom. The molecule has 0 saturated carbocycles. The molecule has 0 heterocycles. The summed E-state index contributed by atoms with van der Waals surface area (Å²) in [5, 5.41) is 0. The minimum atomic E-state index is 1.44. The summed E-state index contributed by atoms with van der Waals surface area (Å²) in [6, 6.07) is 0. The van der Waals surface area contributed by atoms with E-state index in [1.165, 1.54) is 6.20 Å². The second-order valence-electron chi connectivity index (χ2n) is 0.621. The summed E-state index contributed by atoms with van der Waals surface area (Å²) in [5.74, 6) is 1.62. The molecule has 5 heavy (non-hydrogen) atoms. The van der Waals surface area contributed by atoms with Crippen LogP contribution in [0.5, 0.6) is 0 Å². The van der Waals surface area contributed by atoms with Crippen molar-refractivity contribution >= 4 is 13.5 Å². The number of hydrogen-bond donors (Lipinski definition) is 1. The van der Waals surface area contributed by atoms with Crippen LogP contribution < -0.4 is 5.73 Å². The van der Waals surface area contributed by atoms with Crippen molar-refractivity contribution in [3.05, 3.63) is 12.3 Å². The van der Waals surface area contributed by atoms with Gasteiger partial charge in [0.05, 0.1) is 0 Å². The van der Waals surface area contributed by atoms with Crippen molar-refractivity contribution in [3.8, 4) is 0 Å². The van der Waals surface area contributed by atoms with E-state index < -0.39 is 0 Å². The standard InChI is InChI=1S/C3H6BN/c4-2-1-3-5/h1-4H,5H2/b3-1-. The van der Waals surface area contributed by atoms with Crippen molar-refractivity contribution in [2.24, 2.45) is 5.73 Å². The molecular weight excluding hydrogens is 60.9 g/mol. The molecule has 0 aromatic carbocycles. The van der Waals surface area contributed by atoms with E-state index in [1.807, 2.05) is 0 Å². The molecule has 0 saturated heterocycles. The average molecular weight is 66.9 g/mol. The van der Waals surface area contributed by atoms with Crippen LogP contribution in [0.15, 0.2) is 12.3 Å². The fraction of sp³-hybridized carbons (Fsp3) is 0. The van der Waals surface area contributed by atoms with Crippen LogP contribution in [0.4, 0.5) is 0 Å². The number of hydrogen-bond acceptors (Lipinski definition) is 1. The Bertz CT molecular complexity index is 48.9. The van der Waals surface area contributed by atoms with Crippen LogP contribution in [0.25, 0.3) is 0 Å². The fourth-order valence-corrected chi connectivity index (χ4v) is 0.0786. The van der Waals surface area contributed by atoms with Gasteiger partial charge in [0.15, 0.2) is 0 Å². The Hall–Kier alpha value is -0.525. The molecule has 0 radical (unpaired) electrons. The summed E-state index contributed by atoms with van der Waals surface area (Å²) in [7, 11) is 3.38. The molecule has 1 nitrogen and oxygen atoms in total. The van der Waals surface area contributed by atoms with Crippen molar-refractivity contribution in [3.63, 3.8) is 0 Å². The topological polar surface area (TPSA) is 26.0 Å². The fourth-order valence-electron chi connectivity index (χ4n) is 0.0786.